The summed E-state index contributed by atoms with van der Waals surface area (Å²) in [5, 5.41) is 9.40. The molecule has 0 saturated carbocycles. The van der Waals surface area contributed by atoms with Crippen molar-refractivity contribution in [3.05, 3.63) is 36.0 Å². The molecule has 1 aliphatic rings. The van der Waals surface area contributed by atoms with Crippen LogP contribution in [0.1, 0.15) is 45.1 Å². The van der Waals surface area contributed by atoms with Gasteiger partial charge in [0.15, 0.2) is 10.8 Å². The number of carbonyl (C=O) groups excluding carboxylic acids is 1. The Hall–Kier alpha value is -2.81. The monoisotopic (exact) mass is 482 g/mol. The summed E-state index contributed by atoms with van der Waals surface area (Å²) < 4.78 is 7.35. The second-order valence-corrected chi connectivity index (χ2v) is 9.50. The van der Waals surface area contributed by atoms with E-state index in [4.69, 9.17) is 14.7 Å². The van der Waals surface area contributed by atoms with Crippen LogP contribution in [0.2, 0.25) is 0 Å². The number of amides is 1. The number of nitrogens with zero attached hydrogens (tertiary/aromatic N) is 5. The lowest BCUT2D eigenvalue weighted by molar-refractivity contribution is -0.120. The number of piperidine rings is 1. The molecule has 1 aliphatic heterocycles. The Balaban J connectivity index is 1.41. The molecule has 0 aliphatic carbocycles. The lowest BCUT2D eigenvalue weighted by atomic mass is 10.1. The quantitative estimate of drug-likeness (QED) is 0.326. The molecule has 1 fully saturated rings. The topological polar surface area (TPSA) is 85.2 Å². The Labute approximate surface area is 205 Å². The predicted molar refractivity (Wildman–Crippen MR) is 137 cm³/mol. The number of nitrogens with one attached hydrogen (secondary N) is 1. The molecular weight excluding hydrogens is 448 g/mol. The highest BCUT2D eigenvalue weighted by atomic mass is 32.2. The van der Waals surface area contributed by atoms with Crippen LogP contribution in [0, 0.1) is 0 Å². The van der Waals surface area contributed by atoms with E-state index in [9.17, 15) is 4.79 Å². The van der Waals surface area contributed by atoms with Crippen molar-refractivity contribution in [1.82, 2.24) is 25.1 Å². The SMILES string of the molecule is CCCSc1nc(N2CCCCC2)c2cnn(CCNC(=O)Cc3ccc(OCC)cc3)c2n1. The molecule has 3 aromatic rings. The molecule has 9 heteroatoms. The van der Waals surface area contributed by atoms with Crippen LogP contribution < -0.4 is 15.0 Å². The molecule has 1 saturated heterocycles. The van der Waals surface area contributed by atoms with Gasteiger partial charge in [0, 0.05) is 25.4 Å². The van der Waals surface area contributed by atoms with E-state index in [-0.39, 0.29) is 5.91 Å². The summed E-state index contributed by atoms with van der Waals surface area (Å²) >= 11 is 1.69. The summed E-state index contributed by atoms with van der Waals surface area (Å²) in [5.41, 5.74) is 1.80. The van der Waals surface area contributed by atoms with E-state index in [1.54, 1.807) is 11.8 Å². The maximum Gasteiger partial charge on any atom is 0.224 e. The first kappa shape index (κ1) is 24.3. The van der Waals surface area contributed by atoms with Crippen LogP contribution in [0.4, 0.5) is 5.82 Å². The highest BCUT2D eigenvalue weighted by Gasteiger charge is 2.20. The zero-order valence-corrected chi connectivity index (χ0v) is 20.9. The number of anilines is 1. The van der Waals surface area contributed by atoms with Gasteiger partial charge < -0.3 is 15.0 Å². The number of thioether (sulfide) groups is 1. The van der Waals surface area contributed by atoms with E-state index in [0.717, 1.165) is 58.6 Å². The third-order valence-corrected chi connectivity index (χ3v) is 6.84. The van der Waals surface area contributed by atoms with Crippen LogP contribution in [0.25, 0.3) is 11.0 Å². The second-order valence-electron chi connectivity index (χ2n) is 8.43. The van der Waals surface area contributed by atoms with Crippen molar-refractivity contribution < 1.29 is 9.53 Å². The van der Waals surface area contributed by atoms with Gasteiger partial charge in [-0.05, 0) is 50.3 Å². The first-order valence-corrected chi connectivity index (χ1v) is 13.3. The Bertz CT molecular complexity index is 1080. The molecule has 0 atom stereocenters. The number of aromatic nitrogens is 4. The van der Waals surface area contributed by atoms with Gasteiger partial charge in [0.05, 0.1) is 31.2 Å². The predicted octanol–water partition coefficient (Wildman–Crippen LogP) is 4.08. The number of fused-ring (bicyclic) bond motifs is 1. The summed E-state index contributed by atoms with van der Waals surface area (Å²) in [6.07, 6.45) is 6.94. The van der Waals surface area contributed by atoms with Crippen LogP contribution in [-0.2, 0) is 17.8 Å². The fourth-order valence-electron chi connectivity index (χ4n) is 4.11. The fraction of sp³-hybridized carbons (Fsp3) is 0.520. The molecule has 1 aromatic carbocycles. The van der Waals surface area contributed by atoms with Crippen LogP contribution >= 0.6 is 11.8 Å². The molecule has 0 spiro atoms. The summed E-state index contributed by atoms with van der Waals surface area (Å²) in [6, 6.07) is 7.66. The molecule has 182 valence electrons. The van der Waals surface area contributed by atoms with E-state index in [1.807, 2.05) is 42.1 Å². The average molecular weight is 483 g/mol. The van der Waals surface area contributed by atoms with Crippen molar-refractivity contribution in [3.8, 4) is 5.75 Å². The molecule has 8 nitrogen and oxygen atoms in total. The van der Waals surface area contributed by atoms with Gasteiger partial charge in [0.25, 0.3) is 0 Å². The van der Waals surface area contributed by atoms with E-state index < -0.39 is 0 Å². The van der Waals surface area contributed by atoms with Crippen molar-refractivity contribution >= 4 is 34.5 Å². The van der Waals surface area contributed by atoms with Gasteiger partial charge in [-0.3, -0.25) is 4.79 Å². The molecule has 0 unspecified atom stereocenters. The fourth-order valence-corrected chi connectivity index (χ4v) is 4.80. The Morgan fingerprint density at radius 2 is 1.91 bits per heavy atom. The minimum atomic E-state index is -0.0107. The van der Waals surface area contributed by atoms with Crippen LogP contribution in [0.5, 0.6) is 5.75 Å². The van der Waals surface area contributed by atoms with Gasteiger partial charge in [0.1, 0.15) is 11.6 Å². The van der Waals surface area contributed by atoms with Gasteiger partial charge in [0.2, 0.25) is 5.91 Å². The van der Waals surface area contributed by atoms with Crippen molar-refractivity contribution in [3.63, 3.8) is 0 Å². The number of benzene rings is 1. The van der Waals surface area contributed by atoms with Gasteiger partial charge in [-0.2, -0.15) is 5.10 Å². The standard InChI is InChI=1S/C25H34N6O2S/c1-3-16-34-25-28-23(30-13-6-5-7-14-30)21-18-27-31(24(21)29-25)15-12-26-22(32)17-19-8-10-20(11-9-19)33-4-2/h8-11,18H,3-7,12-17H2,1-2H3,(H,26,32). The lowest BCUT2D eigenvalue weighted by Crippen LogP contribution is -2.30. The van der Waals surface area contributed by atoms with Crippen LogP contribution in [0.3, 0.4) is 0 Å². The van der Waals surface area contributed by atoms with E-state index in [1.165, 1.54) is 19.3 Å². The van der Waals surface area contributed by atoms with Crippen LogP contribution in [0.15, 0.2) is 35.6 Å². The molecule has 34 heavy (non-hydrogen) atoms. The summed E-state index contributed by atoms with van der Waals surface area (Å²) in [5.74, 6) is 2.79. The molecule has 0 bridgehead atoms. The Morgan fingerprint density at radius 3 is 2.65 bits per heavy atom. The smallest absolute Gasteiger partial charge is 0.224 e. The zero-order valence-electron chi connectivity index (χ0n) is 20.1. The van der Waals surface area contributed by atoms with E-state index in [2.05, 4.69) is 22.2 Å². The molecule has 1 amide bonds. The largest absolute Gasteiger partial charge is 0.494 e. The minimum Gasteiger partial charge on any atom is -0.494 e. The molecule has 4 rings (SSSR count). The van der Waals surface area contributed by atoms with Gasteiger partial charge in [-0.15, -0.1) is 0 Å². The third-order valence-electron chi connectivity index (χ3n) is 5.79. The van der Waals surface area contributed by atoms with E-state index in [0.29, 0.717) is 26.1 Å². The normalized spacial score (nSPS) is 13.9. The number of carbonyl (C=O) groups is 1. The molecule has 3 heterocycles. The number of hydrogen-bond donors (Lipinski definition) is 1. The molecule has 0 radical (unpaired) electrons. The summed E-state index contributed by atoms with van der Waals surface area (Å²) in [7, 11) is 0. The molecule has 1 N–H and O–H groups in total. The van der Waals surface area contributed by atoms with Gasteiger partial charge in [-0.1, -0.05) is 30.8 Å². The third kappa shape index (κ3) is 6.20. The maximum absolute atomic E-state index is 12.4. The average Bonchev–Trinajstić information content (AvgIpc) is 3.27. The summed E-state index contributed by atoms with van der Waals surface area (Å²) in [6.45, 7) is 7.85. The first-order chi connectivity index (χ1) is 16.7. The van der Waals surface area contributed by atoms with Crippen molar-refractivity contribution in [2.24, 2.45) is 0 Å². The summed E-state index contributed by atoms with van der Waals surface area (Å²) in [4.78, 5) is 24.5. The van der Waals surface area contributed by atoms with Crippen molar-refractivity contribution in [1.29, 1.82) is 0 Å². The number of ether oxygens (including phenoxy) is 1. The van der Waals surface area contributed by atoms with Crippen molar-refractivity contribution in [2.45, 2.75) is 57.7 Å². The highest BCUT2D eigenvalue weighted by Crippen LogP contribution is 2.29. The van der Waals surface area contributed by atoms with Crippen LogP contribution in [-0.4, -0.2) is 57.6 Å². The van der Waals surface area contributed by atoms with Gasteiger partial charge >= 0.3 is 0 Å². The number of hydrogen-bond acceptors (Lipinski definition) is 7. The maximum atomic E-state index is 12.4. The number of rotatable bonds is 11. The first-order valence-electron chi connectivity index (χ1n) is 12.3. The Morgan fingerprint density at radius 1 is 1.12 bits per heavy atom. The van der Waals surface area contributed by atoms with Crippen molar-refractivity contribution in [2.75, 3.05) is 36.9 Å². The second kappa shape index (κ2) is 12.1. The molecular formula is C25H34N6O2S. The highest BCUT2D eigenvalue weighted by molar-refractivity contribution is 7.99. The minimum absolute atomic E-state index is 0.0107. The lowest BCUT2D eigenvalue weighted by Gasteiger charge is -2.28. The Kier molecular flexibility index (Phi) is 8.62. The van der Waals surface area contributed by atoms with E-state index >= 15 is 0 Å². The molecule has 2 aromatic heterocycles. The zero-order chi connectivity index (χ0) is 23.8. The van der Waals surface area contributed by atoms with Gasteiger partial charge in [-0.25, -0.2) is 14.6 Å².